The fraction of sp³-hybridized carbons (Fsp3) is 0.381. The zero-order chi connectivity index (χ0) is 17.9. The molecule has 0 aliphatic carbocycles. The lowest BCUT2D eigenvalue weighted by Crippen LogP contribution is -2.12. The highest BCUT2D eigenvalue weighted by Gasteiger charge is 2.06. The molecule has 0 atom stereocenters. The van der Waals surface area contributed by atoms with Crippen LogP contribution in [-0.2, 0) is 11.2 Å². The summed E-state index contributed by atoms with van der Waals surface area (Å²) in [6, 6.07) is 15.2. The zero-order valence-corrected chi connectivity index (χ0v) is 15.5. The number of anilines is 1. The van der Waals surface area contributed by atoms with Crippen molar-refractivity contribution in [3.8, 4) is 5.75 Å². The topological polar surface area (TPSA) is 38.3 Å². The minimum absolute atomic E-state index is 0.0278. The first-order valence-electron chi connectivity index (χ1n) is 8.95. The molecule has 2 rings (SSSR count). The van der Waals surface area contributed by atoms with Gasteiger partial charge in [-0.2, -0.15) is 0 Å². The Kier molecular flexibility index (Phi) is 8.33. The maximum absolute atomic E-state index is 12.1. The number of benzene rings is 2. The van der Waals surface area contributed by atoms with Gasteiger partial charge in [0.1, 0.15) is 5.75 Å². The fourth-order valence-corrected chi connectivity index (χ4v) is 2.79. The lowest BCUT2D eigenvalue weighted by molar-refractivity contribution is -0.116. The Morgan fingerprint density at radius 3 is 2.72 bits per heavy atom. The maximum Gasteiger partial charge on any atom is 0.224 e. The number of carbonyl (C=O) groups is 1. The van der Waals surface area contributed by atoms with Gasteiger partial charge in [0.05, 0.1) is 6.61 Å². The van der Waals surface area contributed by atoms with Crippen molar-refractivity contribution in [1.82, 2.24) is 0 Å². The van der Waals surface area contributed by atoms with Crippen molar-refractivity contribution >= 4 is 23.2 Å². The normalized spacial score (nSPS) is 10.5. The third kappa shape index (κ3) is 7.18. The molecule has 0 saturated carbocycles. The Labute approximate surface area is 155 Å². The largest absolute Gasteiger partial charge is 0.494 e. The van der Waals surface area contributed by atoms with Crippen LogP contribution in [0.1, 0.15) is 44.6 Å². The SMILES string of the molecule is CCCCCCOc1cccc(NC(=O)CCc2ccccc2Cl)c1. The second kappa shape index (κ2) is 10.8. The molecule has 0 fully saturated rings. The van der Waals surface area contributed by atoms with Crippen LogP contribution in [0.15, 0.2) is 48.5 Å². The van der Waals surface area contributed by atoms with Crippen molar-refractivity contribution in [2.45, 2.75) is 45.4 Å². The smallest absolute Gasteiger partial charge is 0.224 e. The third-order valence-corrected chi connectivity index (χ3v) is 4.33. The number of aryl methyl sites for hydroxylation is 1. The molecule has 0 saturated heterocycles. The summed E-state index contributed by atoms with van der Waals surface area (Å²) in [4.78, 5) is 12.1. The lowest BCUT2D eigenvalue weighted by atomic mass is 10.1. The second-order valence-electron chi connectivity index (χ2n) is 6.08. The molecule has 1 amide bonds. The van der Waals surface area contributed by atoms with Crippen LogP contribution in [0.2, 0.25) is 5.02 Å². The van der Waals surface area contributed by atoms with Crippen molar-refractivity contribution in [1.29, 1.82) is 0 Å². The van der Waals surface area contributed by atoms with Crippen LogP contribution in [0.5, 0.6) is 5.75 Å². The molecule has 0 bridgehead atoms. The maximum atomic E-state index is 12.1. The van der Waals surface area contributed by atoms with Gasteiger partial charge in [0.2, 0.25) is 5.91 Å². The van der Waals surface area contributed by atoms with E-state index in [1.807, 2.05) is 48.5 Å². The average Bonchev–Trinajstić information content (AvgIpc) is 2.61. The van der Waals surface area contributed by atoms with Crippen LogP contribution in [0.25, 0.3) is 0 Å². The Bertz CT molecular complexity index is 672. The molecule has 0 unspecified atom stereocenters. The van der Waals surface area contributed by atoms with Crippen molar-refractivity contribution in [2.24, 2.45) is 0 Å². The second-order valence-corrected chi connectivity index (χ2v) is 6.48. The Hall–Kier alpha value is -2.00. The van der Waals surface area contributed by atoms with Crippen molar-refractivity contribution < 1.29 is 9.53 Å². The number of hydrogen-bond donors (Lipinski definition) is 1. The van der Waals surface area contributed by atoms with Crippen LogP contribution < -0.4 is 10.1 Å². The summed E-state index contributed by atoms with van der Waals surface area (Å²) in [6.07, 6.45) is 5.72. The molecular formula is C21H26ClNO2. The summed E-state index contributed by atoms with van der Waals surface area (Å²) in [5.41, 5.74) is 1.75. The van der Waals surface area contributed by atoms with E-state index in [0.29, 0.717) is 24.5 Å². The van der Waals surface area contributed by atoms with Crippen LogP contribution in [0.4, 0.5) is 5.69 Å². The van der Waals surface area contributed by atoms with E-state index in [2.05, 4.69) is 12.2 Å². The number of carbonyl (C=O) groups excluding carboxylic acids is 1. The van der Waals surface area contributed by atoms with Gasteiger partial charge >= 0.3 is 0 Å². The predicted octanol–water partition coefficient (Wildman–Crippen LogP) is 5.87. The molecule has 0 aliphatic heterocycles. The Balaban J connectivity index is 1.78. The monoisotopic (exact) mass is 359 g/mol. The molecule has 2 aromatic carbocycles. The summed E-state index contributed by atoms with van der Waals surface area (Å²) in [6.45, 7) is 2.91. The summed E-state index contributed by atoms with van der Waals surface area (Å²) in [5, 5.41) is 3.62. The molecule has 0 aliphatic rings. The molecule has 0 heterocycles. The van der Waals surface area contributed by atoms with Gasteiger partial charge in [0.15, 0.2) is 0 Å². The first-order valence-corrected chi connectivity index (χ1v) is 9.33. The van der Waals surface area contributed by atoms with Gasteiger partial charge < -0.3 is 10.1 Å². The average molecular weight is 360 g/mol. The molecule has 4 heteroatoms. The van der Waals surface area contributed by atoms with Crippen molar-refractivity contribution in [3.63, 3.8) is 0 Å². The fourth-order valence-electron chi connectivity index (χ4n) is 2.56. The minimum atomic E-state index is -0.0278. The number of ether oxygens (including phenoxy) is 1. The van der Waals surface area contributed by atoms with E-state index < -0.39 is 0 Å². The van der Waals surface area contributed by atoms with Gasteiger partial charge in [0.25, 0.3) is 0 Å². The highest BCUT2D eigenvalue weighted by atomic mass is 35.5. The number of hydrogen-bond acceptors (Lipinski definition) is 2. The first kappa shape index (κ1) is 19.3. The highest BCUT2D eigenvalue weighted by molar-refractivity contribution is 6.31. The van der Waals surface area contributed by atoms with Gasteiger partial charge in [-0.3, -0.25) is 4.79 Å². The Morgan fingerprint density at radius 2 is 1.92 bits per heavy atom. The molecule has 0 radical (unpaired) electrons. The van der Waals surface area contributed by atoms with E-state index in [9.17, 15) is 4.79 Å². The van der Waals surface area contributed by atoms with Gasteiger partial charge in [-0.15, -0.1) is 0 Å². The molecular weight excluding hydrogens is 334 g/mol. The highest BCUT2D eigenvalue weighted by Crippen LogP contribution is 2.19. The van der Waals surface area contributed by atoms with E-state index in [-0.39, 0.29) is 5.91 Å². The molecule has 2 aromatic rings. The number of unbranched alkanes of at least 4 members (excludes halogenated alkanes) is 3. The van der Waals surface area contributed by atoms with Gasteiger partial charge in [-0.05, 0) is 36.6 Å². The molecule has 134 valence electrons. The van der Waals surface area contributed by atoms with Gasteiger partial charge in [-0.1, -0.05) is 62.1 Å². The molecule has 0 spiro atoms. The summed E-state index contributed by atoms with van der Waals surface area (Å²) in [7, 11) is 0. The van der Waals surface area contributed by atoms with E-state index in [0.717, 1.165) is 23.4 Å². The number of amides is 1. The standard InChI is InChI=1S/C21H26ClNO2/c1-2-3-4-7-15-25-19-11-8-10-18(16-19)23-21(24)14-13-17-9-5-6-12-20(17)22/h5-6,8-12,16H,2-4,7,13-15H2,1H3,(H,23,24). The minimum Gasteiger partial charge on any atom is -0.494 e. The van der Waals surface area contributed by atoms with Crippen LogP contribution >= 0.6 is 11.6 Å². The summed E-state index contributed by atoms with van der Waals surface area (Å²) < 4.78 is 5.75. The van der Waals surface area contributed by atoms with Crippen LogP contribution in [-0.4, -0.2) is 12.5 Å². The van der Waals surface area contributed by atoms with E-state index in [1.54, 1.807) is 0 Å². The number of rotatable bonds is 10. The Morgan fingerprint density at radius 1 is 1.08 bits per heavy atom. The molecule has 25 heavy (non-hydrogen) atoms. The molecule has 0 aromatic heterocycles. The number of halogens is 1. The zero-order valence-electron chi connectivity index (χ0n) is 14.8. The third-order valence-electron chi connectivity index (χ3n) is 3.96. The number of nitrogens with one attached hydrogen (secondary N) is 1. The van der Waals surface area contributed by atoms with Crippen LogP contribution in [0.3, 0.4) is 0 Å². The summed E-state index contributed by atoms with van der Waals surface area (Å²) >= 11 is 6.12. The van der Waals surface area contributed by atoms with Gasteiger partial charge in [-0.25, -0.2) is 0 Å². The van der Waals surface area contributed by atoms with Crippen molar-refractivity contribution in [2.75, 3.05) is 11.9 Å². The lowest BCUT2D eigenvalue weighted by Gasteiger charge is -2.09. The summed E-state index contributed by atoms with van der Waals surface area (Å²) in [5.74, 6) is 0.764. The van der Waals surface area contributed by atoms with E-state index >= 15 is 0 Å². The van der Waals surface area contributed by atoms with Crippen LogP contribution in [0, 0.1) is 0 Å². The molecule has 1 N–H and O–H groups in total. The van der Waals surface area contributed by atoms with Crippen molar-refractivity contribution in [3.05, 3.63) is 59.1 Å². The van der Waals surface area contributed by atoms with E-state index in [4.69, 9.17) is 16.3 Å². The quantitative estimate of drug-likeness (QED) is 0.538. The predicted molar refractivity (Wildman–Crippen MR) is 104 cm³/mol. The van der Waals surface area contributed by atoms with E-state index in [1.165, 1.54) is 19.3 Å². The first-order chi connectivity index (χ1) is 12.2. The van der Waals surface area contributed by atoms with Gasteiger partial charge in [0, 0.05) is 23.2 Å². The molecule has 3 nitrogen and oxygen atoms in total.